The molecular weight excluding hydrogens is 454 g/mol. The van der Waals surface area contributed by atoms with Crippen molar-refractivity contribution < 1.29 is 18.3 Å². The minimum Gasteiger partial charge on any atom is -0.414 e. The Morgan fingerprint density at radius 2 is 1.64 bits per heavy atom. The molecule has 190 valence electrons. The Morgan fingerprint density at radius 1 is 1.06 bits per heavy atom. The van der Waals surface area contributed by atoms with Crippen LogP contribution in [0.25, 0.3) is 0 Å². The summed E-state index contributed by atoms with van der Waals surface area (Å²) in [7, 11) is -0.797. The maximum Gasteiger partial charge on any atom is 0.351 e. The highest BCUT2D eigenvalue weighted by Crippen LogP contribution is 2.43. The maximum absolute atomic E-state index is 12.8. The molecule has 0 aromatic carbocycles. The largest absolute Gasteiger partial charge is 0.414 e. The first kappa shape index (κ1) is 28.2. The molecule has 10 heteroatoms. The van der Waals surface area contributed by atoms with E-state index in [9.17, 15) is 4.79 Å². The van der Waals surface area contributed by atoms with E-state index >= 15 is 0 Å². The first-order valence-electron chi connectivity index (χ1n) is 11.7. The zero-order chi connectivity index (χ0) is 25.4. The molecule has 1 aromatic heterocycles. The molecule has 8 nitrogen and oxygen atoms in total. The first-order valence-corrected chi connectivity index (χ1v) is 17.5. The van der Waals surface area contributed by atoms with Crippen molar-refractivity contribution in [3.63, 3.8) is 0 Å². The van der Waals surface area contributed by atoms with Gasteiger partial charge in [-0.2, -0.15) is 4.98 Å². The molecule has 0 amide bonds. The first-order chi connectivity index (χ1) is 14.9. The number of hydrogen-bond donors (Lipinski definition) is 1. The Kier molecular flexibility index (Phi) is 8.46. The molecule has 1 aliphatic heterocycles. The van der Waals surface area contributed by atoms with Gasteiger partial charge in [-0.05, 0) is 42.3 Å². The van der Waals surface area contributed by atoms with Crippen LogP contribution in [0.15, 0.2) is 17.1 Å². The van der Waals surface area contributed by atoms with Crippen molar-refractivity contribution in [1.29, 1.82) is 0 Å². The Labute approximate surface area is 201 Å². The van der Waals surface area contributed by atoms with Gasteiger partial charge >= 0.3 is 5.69 Å². The lowest BCUT2D eigenvalue weighted by atomic mass is 10.1. The summed E-state index contributed by atoms with van der Waals surface area (Å²) < 4.78 is 27.2. The van der Waals surface area contributed by atoms with Crippen LogP contribution in [-0.4, -0.2) is 65.3 Å². The molecule has 33 heavy (non-hydrogen) atoms. The minimum atomic E-state index is -2.16. The molecule has 1 saturated heterocycles. The third-order valence-corrected chi connectivity index (χ3v) is 16.5. The highest BCUT2D eigenvalue weighted by molar-refractivity contribution is 6.74. The van der Waals surface area contributed by atoms with Gasteiger partial charge in [0.15, 0.2) is 22.9 Å². The third kappa shape index (κ3) is 6.15. The van der Waals surface area contributed by atoms with Gasteiger partial charge < -0.3 is 23.6 Å². The number of nitrogens with one attached hydrogen (secondary N) is 1. The average molecular weight is 500 g/mol. The molecule has 2 rings (SSSR count). The van der Waals surface area contributed by atoms with Gasteiger partial charge in [0.05, 0.1) is 6.61 Å². The highest BCUT2D eigenvalue weighted by Gasteiger charge is 2.52. The summed E-state index contributed by atoms with van der Waals surface area (Å²) in [4.78, 5) is 16.9. The van der Waals surface area contributed by atoms with Crippen molar-refractivity contribution in [2.45, 2.75) is 102 Å². The van der Waals surface area contributed by atoms with Gasteiger partial charge in [0, 0.05) is 20.4 Å². The molecule has 4 atom stereocenters. The van der Waals surface area contributed by atoms with Gasteiger partial charge in [-0.25, -0.2) is 4.79 Å². The molecule has 1 unspecified atom stereocenters. The molecule has 0 saturated carbocycles. The number of hydrogen-bond acceptors (Lipinski definition) is 7. The van der Waals surface area contributed by atoms with E-state index in [2.05, 4.69) is 78.0 Å². The normalized spacial score (nSPS) is 24.8. The predicted octanol–water partition coefficient (Wildman–Crippen LogP) is 4.61. The van der Waals surface area contributed by atoms with E-state index in [1.165, 1.54) is 4.57 Å². The molecule has 0 aliphatic carbocycles. The maximum atomic E-state index is 12.8. The van der Waals surface area contributed by atoms with E-state index in [1.54, 1.807) is 26.4 Å². The zero-order valence-electron chi connectivity index (χ0n) is 22.6. The number of aromatic nitrogens is 2. The number of rotatable bonds is 8. The Morgan fingerprint density at radius 3 is 2.09 bits per heavy atom. The van der Waals surface area contributed by atoms with Crippen molar-refractivity contribution in [2.75, 3.05) is 26.1 Å². The van der Waals surface area contributed by atoms with Crippen molar-refractivity contribution in [2.24, 2.45) is 0 Å². The molecule has 1 fully saturated rings. The van der Waals surface area contributed by atoms with Crippen LogP contribution in [0.2, 0.25) is 36.3 Å². The van der Waals surface area contributed by atoms with Gasteiger partial charge in [0.2, 0.25) is 0 Å². The molecule has 0 spiro atoms. The molecule has 0 bridgehead atoms. The molecule has 1 N–H and O–H groups in total. The van der Waals surface area contributed by atoms with Crippen LogP contribution in [0.3, 0.4) is 0 Å². The highest BCUT2D eigenvalue weighted by atomic mass is 28.4. The summed E-state index contributed by atoms with van der Waals surface area (Å²) in [6, 6.07) is 1.75. The van der Waals surface area contributed by atoms with Gasteiger partial charge in [-0.15, -0.1) is 0 Å². The summed E-state index contributed by atoms with van der Waals surface area (Å²) in [5, 5.41) is 2.99. The summed E-state index contributed by atoms with van der Waals surface area (Å²) >= 11 is 0. The number of anilines is 1. The quantitative estimate of drug-likeness (QED) is 0.523. The van der Waals surface area contributed by atoms with Crippen LogP contribution in [0.4, 0.5) is 5.82 Å². The van der Waals surface area contributed by atoms with Crippen LogP contribution in [0.5, 0.6) is 0 Å². The zero-order valence-corrected chi connectivity index (χ0v) is 24.6. The van der Waals surface area contributed by atoms with Crippen LogP contribution in [0, 0.1) is 0 Å². The lowest BCUT2D eigenvalue weighted by Gasteiger charge is -2.41. The SMILES string of the molecule is CNc1ccn([C@@H]2O[C@H](CO[Si](C)(C)C(C)(C)C)C(O[Si](C)(C)C(C)(C)C)[C@@H]2OC)c(=O)n1. The van der Waals surface area contributed by atoms with Crippen molar-refractivity contribution in [3.8, 4) is 0 Å². The van der Waals surface area contributed by atoms with E-state index in [0.29, 0.717) is 12.4 Å². The smallest absolute Gasteiger partial charge is 0.351 e. The number of ether oxygens (including phenoxy) is 2. The summed E-state index contributed by atoms with van der Waals surface area (Å²) in [5.74, 6) is 0.509. The fourth-order valence-electron chi connectivity index (χ4n) is 3.23. The van der Waals surface area contributed by atoms with Crippen LogP contribution in [-0.2, 0) is 18.3 Å². The summed E-state index contributed by atoms with van der Waals surface area (Å²) in [6.45, 7) is 22.5. The molecule has 1 aliphatic rings. The second kappa shape index (κ2) is 9.90. The molecular formula is C23H45N3O5Si2. The fourth-order valence-corrected chi connectivity index (χ4v) is 5.56. The van der Waals surface area contributed by atoms with E-state index in [4.69, 9.17) is 18.3 Å². The Balaban J connectivity index is 2.43. The van der Waals surface area contributed by atoms with Gasteiger partial charge in [-0.1, -0.05) is 41.5 Å². The fraction of sp³-hybridized carbons (Fsp3) is 0.826. The number of nitrogens with zero attached hydrogens (tertiary/aromatic N) is 2. The van der Waals surface area contributed by atoms with Crippen molar-refractivity contribution in [1.82, 2.24) is 9.55 Å². The van der Waals surface area contributed by atoms with E-state index in [-0.39, 0.29) is 22.3 Å². The minimum absolute atomic E-state index is 0.0149. The van der Waals surface area contributed by atoms with Crippen LogP contribution >= 0.6 is 0 Å². The third-order valence-electron chi connectivity index (χ3n) is 7.57. The van der Waals surface area contributed by atoms with Crippen molar-refractivity contribution in [3.05, 3.63) is 22.7 Å². The molecule has 1 aromatic rings. The van der Waals surface area contributed by atoms with Gasteiger partial charge in [0.25, 0.3) is 0 Å². The predicted molar refractivity (Wildman–Crippen MR) is 138 cm³/mol. The second-order valence-corrected chi connectivity index (χ2v) is 21.5. The van der Waals surface area contributed by atoms with Gasteiger partial charge in [0.1, 0.15) is 24.1 Å². The van der Waals surface area contributed by atoms with E-state index < -0.39 is 34.7 Å². The molecule has 2 heterocycles. The summed E-state index contributed by atoms with van der Waals surface area (Å²) in [5.41, 5.74) is -0.397. The monoisotopic (exact) mass is 499 g/mol. The van der Waals surface area contributed by atoms with Crippen LogP contribution < -0.4 is 11.0 Å². The lowest BCUT2D eigenvalue weighted by molar-refractivity contribution is -0.0612. The second-order valence-electron chi connectivity index (χ2n) is 11.9. The van der Waals surface area contributed by atoms with Crippen LogP contribution in [0.1, 0.15) is 47.8 Å². The molecule has 0 radical (unpaired) electrons. The van der Waals surface area contributed by atoms with E-state index in [1.807, 2.05) is 0 Å². The van der Waals surface area contributed by atoms with Crippen molar-refractivity contribution >= 4 is 22.5 Å². The Hall–Kier alpha value is -1.05. The topological polar surface area (TPSA) is 83.8 Å². The van der Waals surface area contributed by atoms with Gasteiger partial charge in [-0.3, -0.25) is 4.57 Å². The Bertz CT molecular complexity index is 861. The standard InChI is InChI=1S/C23H45N3O5Si2/c1-22(2,3)32(9,10)29-15-16-18(31-33(11,12)23(4,5)6)19(28-8)20(30-16)26-14-13-17(24-7)25-21(26)27/h13-14,16,18-20H,15H2,1-12H3,(H,24,25,27)/t16-,18?,19+,20-/m1/s1. The lowest BCUT2D eigenvalue weighted by Crippen LogP contribution is -2.51. The number of methoxy groups -OCH3 is 1. The average Bonchev–Trinajstić information content (AvgIpc) is 3.00. The summed E-state index contributed by atoms with van der Waals surface area (Å²) in [6.07, 6.45) is -0.144. The van der Waals surface area contributed by atoms with E-state index in [0.717, 1.165) is 0 Å².